The first kappa shape index (κ1) is 12.9. The zero-order chi connectivity index (χ0) is 10.5. The third-order valence-electron chi connectivity index (χ3n) is 1.82. The van der Waals surface area contributed by atoms with Crippen LogP contribution in [0.2, 0.25) is 19.6 Å². The van der Waals surface area contributed by atoms with E-state index in [1.54, 1.807) is 0 Å². The number of unbranched alkanes of at least 4 members (excludes halogenated alkanes) is 1. The van der Waals surface area contributed by atoms with Gasteiger partial charge in [0.2, 0.25) is 0 Å². The van der Waals surface area contributed by atoms with E-state index in [0.717, 1.165) is 12.8 Å². The van der Waals surface area contributed by atoms with E-state index in [0.29, 0.717) is 16.9 Å². The van der Waals surface area contributed by atoms with Crippen LogP contribution >= 0.6 is 11.6 Å². The Morgan fingerprint density at radius 1 is 1.38 bits per heavy atom. The second-order valence-electron chi connectivity index (χ2n) is 4.29. The monoisotopic (exact) mass is 218 g/mol. The van der Waals surface area contributed by atoms with Crippen molar-refractivity contribution in [1.29, 1.82) is 0 Å². The van der Waals surface area contributed by atoms with E-state index in [1.165, 1.54) is 0 Å². The van der Waals surface area contributed by atoms with Crippen molar-refractivity contribution in [3.8, 4) is 0 Å². The van der Waals surface area contributed by atoms with E-state index in [1.807, 2.05) is 6.08 Å². The molecule has 3 heteroatoms. The highest BCUT2D eigenvalue weighted by Crippen LogP contribution is 2.15. The number of carbonyl (C=O) groups is 1. The molecule has 0 aliphatic carbocycles. The molecule has 0 aromatic carbocycles. The molecule has 0 rings (SSSR count). The highest BCUT2D eigenvalue weighted by molar-refractivity contribution is 7.03. The van der Waals surface area contributed by atoms with Gasteiger partial charge in [-0.25, -0.2) is 0 Å². The van der Waals surface area contributed by atoms with Crippen LogP contribution in [0.15, 0.2) is 11.1 Å². The van der Waals surface area contributed by atoms with Crippen LogP contribution in [0.3, 0.4) is 0 Å². The molecule has 13 heavy (non-hydrogen) atoms. The molecule has 0 radical (unpaired) electrons. The van der Waals surface area contributed by atoms with Crippen LogP contribution in [0.5, 0.6) is 0 Å². The molecule has 0 aromatic rings. The summed E-state index contributed by atoms with van der Waals surface area (Å²) >= 11 is 5.92. The van der Waals surface area contributed by atoms with Gasteiger partial charge in [-0.15, -0.1) is 0 Å². The predicted molar refractivity (Wildman–Crippen MR) is 61.8 cm³/mol. The molecule has 0 heterocycles. The lowest BCUT2D eigenvalue weighted by Crippen LogP contribution is -2.33. The van der Waals surface area contributed by atoms with E-state index >= 15 is 0 Å². The second-order valence-corrected chi connectivity index (χ2v) is 9.83. The molecule has 0 N–H and O–H groups in total. The highest BCUT2D eigenvalue weighted by atomic mass is 35.5. The van der Waals surface area contributed by atoms with Gasteiger partial charge in [-0.3, -0.25) is 0 Å². The van der Waals surface area contributed by atoms with Gasteiger partial charge in [-0.05, 0) is 6.42 Å². The summed E-state index contributed by atoms with van der Waals surface area (Å²) in [6.07, 6.45) is 4.45. The summed E-state index contributed by atoms with van der Waals surface area (Å²) in [5.41, 5.74) is 0. The number of carbonyl (C=O) groups excluding carboxylic acids is 1. The van der Waals surface area contributed by atoms with E-state index < -0.39 is 8.07 Å². The first-order chi connectivity index (χ1) is 5.88. The second kappa shape index (κ2) is 5.61. The third kappa shape index (κ3) is 6.05. The Morgan fingerprint density at radius 3 is 2.31 bits per heavy atom. The van der Waals surface area contributed by atoms with Gasteiger partial charge in [-0.2, -0.15) is 0 Å². The van der Waals surface area contributed by atoms with Gasteiger partial charge >= 0.3 is 0 Å². The zero-order valence-electron chi connectivity index (χ0n) is 8.98. The van der Waals surface area contributed by atoms with Gasteiger partial charge in [0.25, 0.3) is 0 Å². The summed E-state index contributed by atoms with van der Waals surface area (Å²) in [6.45, 7) is 8.26. The smallest absolute Gasteiger partial charge is 0.124 e. The number of allylic oxidation sites excluding steroid dienone is 2. The molecule has 0 saturated carbocycles. The Balaban J connectivity index is 4.07. The van der Waals surface area contributed by atoms with Crippen LogP contribution < -0.4 is 0 Å². The largest absolute Gasteiger partial charge is 0.305 e. The Kier molecular flexibility index (Phi) is 5.57. The molecule has 0 unspecified atom stereocenters. The van der Waals surface area contributed by atoms with Crippen molar-refractivity contribution in [1.82, 2.24) is 0 Å². The van der Waals surface area contributed by atoms with E-state index in [2.05, 4.69) is 26.6 Å². The standard InChI is InChI=1S/C10H19ClOSi/c1-5-6-7-9(11)8-10(12)13(2,3)4/h7H,5-6,8H2,1-4H3/b9-7+. The minimum Gasteiger partial charge on any atom is -0.305 e. The molecule has 76 valence electrons. The number of rotatable bonds is 5. The lowest BCUT2D eigenvalue weighted by molar-refractivity contribution is -0.112. The first-order valence-corrected chi connectivity index (χ1v) is 8.63. The lowest BCUT2D eigenvalue weighted by atomic mass is 10.3. The zero-order valence-corrected chi connectivity index (χ0v) is 10.7. The fourth-order valence-electron chi connectivity index (χ4n) is 0.792. The van der Waals surface area contributed by atoms with Gasteiger partial charge in [0.1, 0.15) is 13.5 Å². The average Bonchev–Trinajstić information content (AvgIpc) is 1.99. The Morgan fingerprint density at radius 2 is 1.92 bits per heavy atom. The maximum atomic E-state index is 11.6. The van der Waals surface area contributed by atoms with Crippen LogP contribution in [0, 0.1) is 0 Å². The fraction of sp³-hybridized carbons (Fsp3) is 0.700. The summed E-state index contributed by atoms with van der Waals surface area (Å²) in [6, 6.07) is 0. The number of halogens is 1. The summed E-state index contributed by atoms with van der Waals surface area (Å²) in [5.74, 6) is 0. The molecule has 0 fully saturated rings. The summed E-state index contributed by atoms with van der Waals surface area (Å²) in [5, 5.41) is 1.05. The van der Waals surface area contributed by atoms with Gasteiger partial charge in [-0.1, -0.05) is 50.7 Å². The predicted octanol–water partition coefficient (Wildman–Crippen LogP) is 3.75. The summed E-state index contributed by atoms with van der Waals surface area (Å²) < 4.78 is 0. The molecular formula is C10H19ClOSi. The highest BCUT2D eigenvalue weighted by Gasteiger charge is 2.23. The van der Waals surface area contributed by atoms with Gasteiger partial charge in [0, 0.05) is 11.5 Å². The quantitative estimate of drug-likeness (QED) is 0.643. The molecule has 0 aliphatic heterocycles. The SMILES string of the molecule is CCC/C=C(/Cl)CC(=O)[Si](C)(C)C. The van der Waals surface area contributed by atoms with Gasteiger partial charge in [0.05, 0.1) is 0 Å². The lowest BCUT2D eigenvalue weighted by Gasteiger charge is -2.13. The molecule has 0 saturated heterocycles. The molecule has 0 spiro atoms. The fourth-order valence-corrected chi connectivity index (χ4v) is 1.85. The molecule has 0 atom stereocenters. The summed E-state index contributed by atoms with van der Waals surface area (Å²) in [7, 11) is -1.63. The third-order valence-corrected chi connectivity index (χ3v) is 3.96. The normalized spacial score (nSPS) is 13.2. The van der Waals surface area contributed by atoms with Crippen molar-refractivity contribution < 1.29 is 4.79 Å². The molecule has 0 amide bonds. The van der Waals surface area contributed by atoms with E-state index in [-0.39, 0.29) is 0 Å². The van der Waals surface area contributed by atoms with Crippen molar-refractivity contribution in [3.05, 3.63) is 11.1 Å². The van der Waals surface area contributed by atoms with Crippen LogP contribution in [-0.4, -0.2) is 13.5 Å². The molecule has 0 aliphatic rings. The topological polar surface area (TPSA) is 17.1 Å². The first-order valence-electron chi connectivity index (χ1n) is 4.75. The van der Waals surface area contributed by atoms with Gasteiger partial charge in [0.15, 0.2) is 0 Å². The Bertz CT molecular complexity index is 203. The van der Waals surface area contributed by atoms with E-state index in [9.17, 15) is 4.79 Å². The summed E-state index contributed by atoms with van der Waals surface area (Å²) in [4.78, 5) is 11.6. The minimum absolute atomic E-state index is 0.338. The van der Waals surface area contributed by atoms with Gasteiger partial charge < -0.3 is 4.79 Å². The van der Waals surface area contributed by atoms with Crippen molar-refractivity contribution in [2.75, 3.05) is 0 Å². The van der Waals surface area contributed by atoms with Crippen LogP contribution in [0.4, 0.5) is 0 Å². The van der Waals surface area contributed by atoms with Crippen molar-refractivity contribution >= 4 is 25.1 Å². The Hall–Kier alpha value is -0.0831. The minimum atomic E-state index is -1.63. The van der Waals surface area contributed by atoms with E-state index in [4.69, 9.17) is 11.6 Å². The molecule has 0 aromatic heterocycles. The maximum Gasteiger partial charge on any atom is 0.124 e. The average molecular weight is 219 g/mol. The van der Waals surface area contributed by atoms with Crippen LogP contribution in [0.1, 0.15) is 26.2 Å². The Labute approximate surface area is 87.2 Å². The van der Waals surface area contributed by atoms with Crippen molar-refractivity contribution in [2.45, 2.75) is 45.8 Å². The van der Waals surface area contributed by atoms with Crippen LogP contribution in [0.25, 0.3) is 0 Å². The van der Waals surface area contributed by atoms with Crippen LogP contribution in [-0.2, 0) is 4.79 Å². The molecule has 1 nitrogen and oxygen atoms in total. The molecular weight excluding hydrogens is 200 g/mol. The maximum absolute atomic E-state index is 11.6. The molecule has 0 bridgehead atoms. The number of hydrogen-bond acceptors (Lipinski definition) is 1. The van der Waals surface area contributed by atoms with Crippen molar-refractivity contribution in [3.63, 3.8) is 0 Å². The number of hydrogen-bond donors (Lipinski definition) is 0. The van der Waals surface area contributed by atoms with Crippen molar-refractivity contribution in [2.24, 2.45) is 0 Å².